The Hall–Kier alpha value is -0.170. The highest BCUT2D eigenvalue weighted by atomic mass is 32.2. The van der Waals surface area contributed by atoms with Crippen LogP contribution in [-0.2, 0) is 10.0 Å². The van der Waals surface area contributed by atoms with Crippen molar-refractivity contribution in [1.29, 1.82) is 0 Å². The number of nitrogens with zero attached hydrogens (tertiary/aromatic N) is 1. The Kier molecular flexibility index (Phi) is 5.10. The number of nitrogens with two attached hydrogens (primary N) is 1. The van der Waals surface area contributed by atoms with E-state index in [0.29, 0.717) is 25.6 Å². The van der Waals surface area contributed by atoms with Crippen molar-refractivity contribution in [3.8, 4) is 0 Å². The predicted octanol–water partition coefficient (Wildman–Crippen LogP) is 0.928. The number of sulfonamides is 1. The molecule has 1 saturated heterocycles. The van der Waals surface area contributed by atoms with Gasteiger partial charge in [0, 0.05) is 25.0 Å². The van der Waals surface area contributed by atoms with Gasteiger partial charge in [-0.1, -0.05) is 12.8 Å². The zero-order valence-electron chi connectivity index (χ0n) is 12.4. The largest absolute Gasteiger partial charge is 0.393 e. The van der Waals surface area contributed by atoms with Crippen LogP contribution in [0.4, 0.5) is 0 Å². The third kappa shape index (κ3) is 3.53. The van der Waals surface area contributed by atoms with Gasteiger partial charge in [-0.2, -0.15) is 0 Å². The summed E-state index contributed by atoms with van der Waals surface area (Å²) in [6.45, 7) is 1.73. The van der Waals surface area contributed by atoms with Gasteiger partial charge in [0.25, 0.3) is 0 Å². The van der Waals surface area contributed by atoms with Gasteiger partial charge < -0.3 is 10.8 Å². The van der Waals surface area contributed by atoms with Crippen LogP contribution in [0.25, 0.3) is 0 Å². The van der Waals surface area contributed by atoms with Crippen LogP contribution in [-0.4, -0.2) is 49.8 Å². The van der Waals surface area contributed by atoms with Gasteiger partial charge in [-0.15, -0.1) is 0 Å². The fraction of sp³-hybridized carbons (Fsp3) is 1.00. The fourth-order valence-corrected chi connectivity index (χ4v) is 4.86. The summed E-state index contributed by atoms with van der Waals surface area (Å²) < 4.78 is 25.0. The van der Waals surface area contributed by atoms with Crippen molar-refractivity contribution in [2.45, 2.75) is 51.0 Å². The van der Waals surface area contributed by atoms with E-state index in [2.05, 4.69) is 0 Å². The maximum Gasteiger partial charge on any atom is 0.211 e. The summed E-state index contributed by atoms with van der Waals surface area (Å²) in [5, 5.41) is 10.4. The Labute approximate surface area is 122 Å². The molecule has 2 aliphatic rings. The Morgan fingerprint density at radius 2 is 2.05 bits per heavy atom. The Bertz CT molecular complexity index is 426. The lowest BCUT2D eigenvalue weighted by Gasteiger charge is -2.44. The molecule has 0 bridgehead atoms. The van der Waals surface area contributed by atoms with E-state index < -0.39 is 10.0 Å². The summed E-state index contributed by atoms with van der Waals surface area (Å²) in [7, 11) is -3.10. The van der Waals surface area contributed by atoms with Crippen LogP contribution in [0.15, 0.2) is 0 Å². The second-order valence-corrected chi connectivity index (χ2v) is 8.64. The van der Waals surface area contributed by atoms with Crippen LogP contribution in [0.1, 0.15) is 44.9 Å². The van der Waals surface area contributed by atoms with E-state index in [-0.39, 0.29) is 11.5 Å². The molecule has 0 radical (unpaired) electrons. The van der Waals surface area contributed by atoms with Crippen molar-refractivity contribution >= 4 is 10.0 Å². The maximum absolute atomic E-state index is 11.7. The second-order valence-electron chi connectivity index (χ2n) is 6.66. The minimum Gasteiger partial charge on any atom is -0.393 e. The first-order valence-corrected chi connectivity index (χ1v) is 9.55. The summed E-state index contributed by atoms with van der Waals surface area (Å²) in [6, 6.07) is 0. The first-order chi connectivity index (χ1) is 9.37. The molecule has 0 aromatic carbocycles. The normalized spacial score (nSPS) is 37.0. The van der Waals surface area contributed by atoms with Crippen molar-refractivity contribution in [3.63, 3.8) is 0 Å². The highest BCUT2D eigenvalue weighted by Crippen LogP contribution is 2.42. The molecule has 0 aromatic rings. The van der Waals surface area contributed by atoms with Gasteiger partial charge in [-0.25, -0.2) is 12.7 Å². The topological polar surface area (TPSA) is 83.6 Å². The number of aliphatic hydroxyl groups excluding tert-OH is 1. The molecule has 2 rings (SSSR count). The van der Waals surface area contributed by atoms with E-state index in [9.17, 15) is 13.5 Å². The van der Waals surface area contributed by atoms with Gasteiger partial charge in [0.2, 0.25) is 10.0 Å². The number of aliphatic hydroxyl groups is 1. The fourth-order valence-electron chi connectivity index (χ4n) is 3.92. The molecule has 3 unspecified atom stereocenters. The molecule has 20 heavy (non-hydrogen) atoms. The van der Waals surface area contributed by atoms with Crippen LogP contribution in [0.2, 0.25) is 0 Å². The summed E-state index contributed by atoms with van der Waals surface area (Å²) >= 11 is 0. The lowest BCUT2D eigenvalue weighted by molar-refractivity contribution is -0.0264. The van der Waals surface area contributed by atoms with Crippen LogP contribution in [0, 0.1) is 11.3 Å². The SMILES string of the molecule is CS(=O)(=O)N1CCCC(CC2(CN)CCCCC2O)C1. The molecule has 3 atom stereocenters. The van der Waals surface area contributed by atoms with E-state index in [1.165, 1.54) is 6.26 Å². The average molecular weight is 304 g/mol. The van der Waals surface area contributed by atoms with Crippen molar-refractivity contribution in [2.24, 2.45) is 17.1 Å². The molecule has 1 aliphatic carbocycles. The monoisotopic (exact) mass is 304 g/mol. The number of hydrogen-bond acceptors (Lipinski definition) is 4. The smallest absolute Gasteiger partial charge is 0.211 e. The summed E-state index contributed by atoms with van der Waals surface area (Å²) in [5.41, 5.74) is 5.78. The maximum atomic E-state index is 11.7. The minimum absolute atomic E-state index is 0.191. The molecule has 0 spiro atoms. The van der Waals surface area contributed by atoms with Gasteiger partial charge in [0.05, 0.1) is 12.4 Å². The number of piperidine rings is 1. The van der Waals surface area contributed by atoms with Gasteiger partial charge in [-0.05, 0) is 38.0 Å². The van der Waals surface area contributed by atoms with E-state index in [1.54, 1.807) is 4.31 Å². The lowest BCUT2D eigenvalue weighted by atomic mass is 9.66. The predicted molar refractivity (Wildman–Crippen MR) is 79.7 cm³/mol. The first-order valence-electron chi connectivity index (χ1n) is 7.71. The molecule has 1 saturated carbocycles. The van der Waals surface area contributed by atoms with E-state index in [4.69, 9.17) is 5.73 Å². The van der Waals surface area contributed by atoms with E-state index in [1.807, 2.05) is 0 Å². The molecule has 1 heterocycles. The van der Waals surface area contributed by atoms with Gasteiger partial charge >= 0.3 is 0 Å². The molecule has 6 heteroatoms. The zero-order valence-corrected chi connectivity index (χ0v) is 13.2. The standard InChI is InChI=1S/C14H28N2O3S/c1-20(18,19)16-8-4-5-12(10-16)9-14(11-15)7-3-2-6-13(14)17/h12-13,17H,2-11,15H2,1H3. The first kappa shape index (κ1) is 16.2. The minimum atomic E-state index is -3.10. The molecule has 3 N–H and O–H groups in total. The molecule has 118 valence electrons. The van der Waals surface area contributed by atoms with E-state index >= 15 is 0 Å². The molecule has 0 amide bonds. The van der Waals surface area contributed by atoms with Gasteiger partial charge in [0.1, 0.15) is 0 Å². The van der Waals surface area contributed by atoms with Gasteiger partial charge in [0.15, 0.2) is 0 Å². The van der Waals surface area contributed by atoms with Crippen molar-refractivity contribution in [1.82, 2.24) is 4.31 Å². The number of rotatable bonds is 4. The molecule has 2 fully saturated rings. The highest BCUT2D eigenvalue weighted by Gasteiger charge is 2.41. The lowest BCUT2D eigenvalue weighted by Crippen LogP contribution is -2.48. The summed E-state index contributed by atoms with van der Waals surface area (Å²) in [5.74, 6) is 0.328. The third-order valence-corrected chi connectivity index (χ3v) is 6.43. The molecule has 5 nitrogen and oxygen atoms in total. The Morgan fingerprint density at radius 3 is 2.65 bits per heavy atom. The summed E-state index contributed by atoms with van der Waals surface area (Å²) in [4.78, 5) is 0. The van der Waals surface area contributed by atoms with Crippen LogP contribution in [0.5, 0.6) is 0 Å². The van der Waals surface area contributed by atoms with Crippen molar-refractivity contribution in [2.75, 3.05) is 25.9 Å². The highest BCUT2D eigenvalue weighted by molar-refractivity contribution is 7.88. The molecular weight excluding hydrogens is 276 g/mol. The van der Waals surface area contributed by atoms with Crippen molar-refractivity contribution < 1.29 is 13.5 Å². The quantitative estimate of drug-likeness (QED) is 0.809. The molecular formula is C14H28N2O3S. The van der Waals surface area contributed by atoms with Crippen LogP contribution < -0.4 is 5.73 Å². The second kappa shape index (κ2) is 6.30. The van der Waals surface area contributed by atoms with E-state index in [0.717, 1.165) is 44.9 Å². The Balaban J connectivity index is 2.04. The van der Waals surface area contributed by atoms with Crippen molar-refractivity contribution in [3.05, 3.63) is 0 Å². The third-order valence-electron chi connectivity index (χ3n) is 5.16. The summed E-state index contributed by atoms with van der Waals surface area (Å²) in [6.07, 6.45) is 7.77. The van der Waals surface area contributed by atoms with Crippen LogP contribution in [0.3, 0.4) is 0 Å². The number of hydrogen-bond donors (Lipinski definition) is 2. The van der Waals surface area contributed by atoms with Gasteiger partial charge in [-0.3, -0.25) is 0 Å². The molecule has 1 aliphatic heterocycles. The molecule has 0 aromatic heterocycles. The Morgan fingerprint density at radius 1 is 1.30 bits per heavy atom. The zero-order chi connectivity index (χ0) is 14.8. The average Bonchev–Trinajstić information content (AvgIpc) is 2.41. The van der Waals surface area contributed by atoms with Crippen LogP contribution >= 0.6 is 0 Å².